The Hall–Kier alpha value is -2.71. The monoisotopic (exact) mass is 574 g/mol. The maximum atomic E-state index is 14.9. The highest BCUT2D eigenvalue weighted by molar-refractivity contribution is 6.31. The van der Waals surface area contributed by atoms with E-state index >= 15 is 0 Å². The maximum absolute atomic E-state index is 14.9. The van der Waals surface area contributed by atoms with Crippen molar-refractivity contribution >= 4 is 29.1 Å². The van der Waals surface area contributed by atoms with Crippen LogP contribution in [0.15, 0.2) is 30.3 Å². The van der Waals surface area contributed by atoms with Gasteiger partial charge in [-0.25, -0.2) is 8.78 Å². The number of halogens is 3. The lowest BCUT2D eigenvalue weighted by molar-refractivity contribution is -0.136. The lowest BCUT2D eigenvalue weighted by Gasteiger charge is -2.40. The molecule has 0 spiro atoms. The van der Waals surface area contributed by atoms with Gasteiger partial charge in [-0.3, -0.25) is 14.5 Å². The summed E-state index contributed by atoms with van der Waals surface area (Å²) in [4.78, 5) is 34.1. The number of rotatable bonds is 5. The Labute approximate surface area is 241 Å². The molecule has 40 heavy (non-hydrogen) atoms. The van der Waals surface area contributed by atoms with E-state index in [1.54, 1.807) is 18.9 Å². The highest BCUT2D eigenvalue weighted by Crippen LogP contribution is 2.39. The van der Waals surface area contributed by atoms with Crippen molar-refractivity contribution in [3.63, 3.8) is 0 Å². The van der Waals surface area contributed by atoms with Gasteiger partial charge in [-0.1, -0.05) is 23.7 Å². The number of aryl methyl sites for hydroxylation is 1. The first-order valence-corrected chi connectivity index (χ1v) is 14.3. The zero-order chi connectivity index (χ0) is 29.5. The van der Waals surface area contributed by atoms with Gasteiger partial charge in [0.25, 0.3) is 0 Å². The van der Waals surface area contributed by atoms with Crippen LogP contribution in [0.4, 0.5) is 14.5 Å². The van der Waals surface area contributed by atoms with E-state index in [9.17, 15) is 18.4 Å². The molecule has 9 heteroatoms. The van der Waals surface area contributed by atoms with Crippen molar-refractivity contribution < 1.29 is 18.4 Å². The van der Waals surface area contributed by atoms with Gasteiger partial charge in [0.15, 0.2) is 0 Å². The summed E-state index contributed by atoms with van der Waals surface area (Å²) in [6.07, 6.45) is 0. The van der Waals surface area contributed by atoms with Gasteiger partial charge in [-0.15, -0.1) is 0 Å². The number of piperazine rings is 1. The van der Waals surface area contributed by atoms with E-state index < -0.39 is 17.6 Å². The average Bonchev–Trinajstić information content (AvgIpc) is 3.34. The SMILES string of the molecule is CC(=O)N(C)C(C)c1cc(C)c(Cl)cc1N1CCN(C(=O)C2CN(C(C)(C)C)CC2c2ccc(F)cc2F)CC1. The van der Waals surface area contributed by atoms with Crippen LogP contribution in [-0.2, 0) is 9.59 Å². The lowest BCUT2D eigenvalue weighted by Crippen LogP contribution is -2.51. The molecule has 2 saturated heterocycles. The number of hydrogen-bond acceptors (Lipinski definition) is 4. The summed E-state index contributed by atoms with van der Waals surface area (Å²) in [5, 5.41) is 0.660. The van der Waals surface area contributed by atoms with Gasteiger partial charge >= 0.3 is 0 Å². The Bertz CT molecular complexity index is 1270. The van der Waals surface area contributed by atoms with Gasteiger partial charge in [0, 0.05) is 81.5 Å². The molecule has 2 aliphatic rings. The molecular weight excluding hydrogens is 534 g/mol. The largest absolute Gasteiger partial charge is 0.368 e. The van der Waals surface area contributed by atoms with Crippen LogP contribution in [-0.4, -0.2) is 78.4 Å². The van der Waals surface area contributed by atoms with E-state index in [4.69, 9.17) is 11.6 Å². The summed E-state index contributed by atoms with van der Waals surface area (Å²) in [5.41, 5.74) is 3.14. The van der Waals surface area contributed by atoms with Crippen LogP contribution in [0.25, 0.3) is 0 Å². The predicted octanol–water partition coefficient (Wildman–Crippen LogP) is 5.63. The molecule has 3 atom stereocenters. The molecule has 6 nitrogen and oxygen atoms in total. The number of benzene rings is 2. The van der Waals surface area contributed by atoms with Gasteiger partial charge in [0.2, 0.25) is 11.8 Å². The van der Waals surface area contributed by atoms with Crippen LogP contribution in [0.3, 0.4) is 0 Å². The Morgan fingerprint density at radius 3 is 2.27 bits per heavy atom. The fourth-order valence-corrected chi connectivity index (χ4v) is 6.06. The minimum atomic E-state index is -0.620. The van der Waals surface area contributed by atoms with Crippen LogP contribution in [0.5, 0.6) is 0 Å². The summed E-state index contributed by atoms with van der Waals surface area (Å²) in [5.74, 6) is -2.00. The van der Waals surface area contributed by atoms with Crippen LogP contribution in [0.1, 0.15) is 63.3 Å². The molecule has 2 aromatic rings. The Morgan fingerprint density at radius 2 is 1.70 bits per heavy atom. The van der Waals surface area contributed by atoms with Gasteiger partial charge in [0.05, 0.1) is 12.0 Å². The smallest absolute Gasteiger partial charge is 0.227 e. The summed E-state index contributed by atoms with van der Waals surface area (Å²) in [6.45, 7) is 15.1. The molecule has 3 unspecified atom stereocenters. The number of nitrogens with zero attached hydrogens (tertiary/aromatic N) is 4. The molecule has 2 aromatic carbocycles. The van der Waals surface area contributed by atoms with Crippen molar-refractivity contribution in [3.8, 4) is 0 Å². The number of carbonyl (C=O) groups excluding carboxylic acids is 2. The third kappa shape index (κ3) is 6.13. The number of anilines is 1. The number of carbonyl (C=O) groups is 2. The standard InChI is InChI=1S/C31H41ClF2N4O2/c1-19-14-24(20(2)35(7)21(3)39)29(16-27(19)32)36-10-12-37(13-11-36)30(40)26-18-38(31(4,5)6)17-25(26)23-9-8-22(33)15-28(23)34/h8-9,14-16,20,25-26H,10-13,17-18H2,1-7H3. The number of amides is 2. The Balaban J connectivity index is 1.55. The third-order valence-electron chi connectivity index (χ3n) is 8.72. The fourth-order valence-electron chi connectivity index (χ4n) is 5.90. The van der Waals surface area contributed by atoms with Crippen LogP contribution >= 0.6 is 11.6 Å². The number of likely N-dealkylation sites (tertiary alicyclic amines) is 1. The molecule has 0 N–H and O–H groups in total. The third-order valence-corrected chi connectivity index (χ3v) is 9.12. The van der Waals surface area contributed by atoms with Gasteiger partial charge in [0.1, 0.15) is 11.6 Å². The molecule has 2 amide bonds. The molecule has 2 fully saturated rings. The van der Waals surface area contributed by atoms with Crippen LogP contribution < -0.4 is 4.90 Å². The molecule has 2 aliphatic heterocycles. The molecular formula is C31H41ClF2N4O2. The molecule has 2 heterocycles. The molecule has 0 radical (unpaired) electrons. The van der Waals surface area contributed by atoms with Crippen LogP contribution in [0.2, 0.25) is 5.02 Å². The first kappa shape index (κ1) is 30.3. The molecule has 218 valence electrons. The quantitative estimate of drug-likeness (QED) is 0.464. The zero-order valence-corrected chi connectivity index (χ0v) is 25.4. The summed E-state index contributed by atoms with van der Waals surface area (Å²) < 4.78 is 28.6. The second-order valence-corrected chi connectivity index (χ2v) is 12.6. The molecule has 0 bridgehead atoms. The minimum absolute atomic E-state index is 0.00645. The second kappa shape index (κ2) is 11.6. The van der Waals surface area contributed by atoms with Gasteiger partial charge in [-0.2, -0.15) is 0 Å². The predicted molar refractivity (Wildman–Crippen MR) is 156 cm³/mol. The first-order chi connectivity index (χ1) is 18.7. The van der Waals surface area contributed by atoms with E-state index in [0.29, 0.717) is 49.9 Å². The van der Waals surface area contributed by atoms with E-state index in [1.807, 2.05) is 30.9 Å². The Morgan fingerprint density at radius 1 is 1.05 bits per heavy atom. The van der Waals surface area contributed by atoms with Gasteiger partial charge < -0.3 is 14.7 Å². The normalized spacial score (nSPS) is 21.1. The van der Waals surface area contributed by atoms with Crippen molar-refractivity contribution in [2.75, 3.05) is 51.2 Å². The Kier molecular flexibility index (Phi) is 8.81. The van der Waals surface area contributed by atoms with Crippen molar-refractivity contribution in [3.05, 3.63) is 63.7 Å². The highest BCUT2D eigenvalue weighted by Gasteiger charge is 2.44. The summed E-state index contributed by atoms with van der Waals surface area (Å²) >= 11 is 6.53. The minimum Gasteiger partial charge on any atom is -0.368 e. The number of hydrogen-bond donors (Lipinski definition) is 0. The van der Waals surface area contributed by atoms with Crippen molar-refractivity contribution in [2.24, 2.45) is 5.92 Å². The van der Waals surface area contributed by atoms with E-state index in [1.165, 1.54) is 12.1 Å². The van der Waals surface area contributed by atoms with E-state index in [-0.39, 0.29) is 29.3 Å². The second-order valence-electron chi connectivity index (χ2n) is 12.2. The first-order valence-electron chi connectivity index (χ1n) is 14.0. The molecule has 0 aromatic heterocycles. The fraction of sp³-hybridized carbons (Fsp3) is 0.548. The summed E-state index contributed by atoms with van der Waals surface area (Å²) in [6, 6.07) is 7.52. The maximum Gasteiger partial charge on any atom is 0.227 e. The van der Waals surface area contributed by atoms with Crippen molar-refractivity contribution in [1.82, 2.24) is 14.7 Å². The van der Waals surface area contributed by atoms with Crippen LogP contribution in [0, 0.1) is 24.5 Å². The topological polar surface area (TPSA) is 47.1 Å². The molecule has 0 aliphatic carbocycles. The lowest BCUT2D eigenvalue weighted by atomic mass is 9.87. The summed E-state index contributed by atoms with van der Waals surface area (Å²) in [7, 11) is 1.79. The average molecular weight is 575 g/mol. The highest BCUT2D eigenvalue weighted by atomic mass is 35.5. The van der Waals surface area contributed by atoms with E-state index in [2.05, 4.69) is 30.6 Å². The molecule has 4 rings (SSSR count). The van der Waals surface area contributed by atoms with Gasteiger partial charge in [-0.05, 0) is 63.4 Å². The van der Waals surface area contributed by atoms with Crippen molar-refractivity contribution in [1.29, 1.82) is 0 Å². The zero-order valence-electron chi connectivity index (χ0n) is 24.6. The van der Waals surface area contributed by atoms with E-state index in [0.717, 1.165) is 22.9 Å². The van der Waals surface area contributed by atoms with Crippen molar-refractivity contribution in [2.45, 2.75) is 59.0 Å². The molecule has 0 saturated carbocycles.